The van der Waals surface area contributed by atoms with Gasteiger partial charge in [0.1, 0.15) is 0 Å². The summed E-state index contributed by atoms with van der Waals surface area (Å²) in [6.45, 7) is 9.86. The van der Waals surface area contributed by atoms with Gasteiger partial charge < -0.3 is 10.6 Å². The molecule has 0 aliphatic carbocycles. The zero-order chi connectivity index (χ0) is 12.8. The molecule has 1 aliphatic rings. The predicted molar refractivity (Wildman–Crippen MR) is 70.9 cm³/mol. The number of hydrogen-bond acceptors (Lipinski definition) is 3. The Kier molecular flexibility index (Phi) is 5.92. The fourth-order valence-electron chi connectivity index (χ4n) is 2.28. The minimum atomic E-state index is 0.138. The van der Waals surface area contributed by atoms with E-state index in [1.165, 1.54) is 6.42 Å². The summed E-state index contributed by atoms with van der Waals surface area (Å²) in [6, 6.07) is 0.480. The van der Waals surface area contributed by atoms with Gasteiger partial charge in [0.2, 0.25) is 5.91 Å². The third-order valence-corrected chi connectivity index (χ3v) is 3.45. The van der Waals surface area contributed by atoms with E-state index in [0.717, 1.165) is 19.6 Å². The molecule has 0 radical (unpaired) electrons. The van der Waals surface area contributed by atoms with Gasteiger partial charge in [0.25, 0.3) is 0 Å². The number of likely N-dealkylation sites (N-methyl/N-ethyl adjacent to an activating group) is 1. The molecule has 1 aliphatic heterocycles. The fraction of sp³-hybridized carbons (Fsp3) is 0.923. The van der Waals surface area contributed by atoms with E-state index in [2.05, 4.69) is 36.3 Å². The average molecular weight is 241 g/mol. The zero-order valence-electron chi connectivity index (χ0n) is 11.6. The van der Waals surface area contributed by atoms with Gasteiger partial charge in [-0.25, -0.2) is 0 Å². The van der Waals surface area contributed by atoms with Crippen molar-refractivity contribution in [2.75, 3.05) is 33.2 Å². The summed E-state index contributed by atoms with van der Waals surface area (Å²) in [7, 11) is 2.04. The third kappa shape index (κ3) is 5.04. The normalized spacial score (nSPS) is 25.3. The molecule has 0 aromatic rings. The molecule has 1 fully saturated rings. The maximum Gasteiger partial charge on any atom is 0.234 e. The van der Waals surface area contributed by atoms with E-state index in [9.17, 15) is 4.79 Å². The summed E-state index contributed by atoms with van der Waals surface area (Å²) in [5.74, 6) is 1.32. The highest BCUT2D eigenvalue weighted by Gasteiger charge is 2.25. The van der Waals surface area contributed by atoms with Crippen LogP contribution in [0, 0.1) is 11.8 Å². The molecule has 2 N–H and O–H groups in total. The molecule has 0 aromatic heterocycles. The first-order valence-electron chi connectivity index (χ1n) is 6.68. The lowest BCUT2D eigenvalue weighted by Gasteiger charge is -2.36. The molecule has 4 heteroatoms. The molecule has 1 saturated heterocycles. The Morgan fingerprint density at radius 3 is 2.82 bits per heavy atom. The third-order valence-electron chi connectivity index (χ3n) is 3.45. The first-order chi connectivity index (χ1) is 8.00. The molecular formula is C13H27N3O. The molecule has 0 spiro atoms. The maximum absolute atomic E-state index is 11.7. The molecule has 100 valence electrons. The first-order valence-corrected chi connectivity index (χ1v) is 6.68. The second kappa shape index (κ2) is 6.97. The van der Waals surface area contributed by atoms with Crippen LogP contribution in [0.25, 0.3) is 0 Å². The number of rotatable bonds is 5. The van der Waals surface area contributed by atoms with Gasteiger partial charge in [-0.1, -0.05) is 20.8 Å². The second-order valence-corrected chi connectivity index (χ2v) is 5.65. The predicted octanol–water partition coefficient (Wildman–Crippen LogP) is 0.688. The summed E-state index contributed by atoms with van der Waals surface area (Å²) >= 11 is 0. The summed E-state index contributed by atoms with van der Waals surface area (Å²) in [4.78, 5) is 13.9. The van der Waals surface area contributed by atoms with Crippen LogP contribution in [0.1, 0.15) is 27.2 Å². The Morgan fingerprint density at radius 2 is 2.24 bits per heavy atom. The Hall–Kier alpha value is -0.610. The van der Waals surface area contributed by atoms with E-state index in [-0.39, 0.29) is 5.91 Å². The van der Waals surface area contributed by atoms with Crippen molar-refractivity contribution in [1.82, 2.24) is 15.5 Å². The van der Waals surface area contributed by atoms with Gasteiger partial charge >= 0.3 is 0 Å². The van der Waals surface area contributed by atoms with Gasteiger partial charge in [0, 0.05) is 19.1 Å². The van der Waals surface area contributed by atoms with Crippen LogP contribution in [-0.2, 0) is 4.79 Å². The van der Waals surface area contributed by atoms with Crippen LogP contribution in [0.5, 0.6) is 0 Å². The summed E-state index contributed by atoms with van der Waals surface area (Å²) in [6.07, 6.45) is 1.20. The Labute approximate surface area is 105 Å². The highest BCUT2D eigenvalue weighted by molar-refractivity contribution is 5.78. The topological polar surface area (TPSA) is 44.4 Å². The van der Waals surface area contributed by atoms with E-state index in [0.29, 0.717) is 24.4 Å². The SMILES string of the molecule is CC(C)CNC(=O)CN(C)C1CNCCC1C. The van der Waals surface area contributed by atoms with Crippen molar-refractivity contribution in [3.8, 4) is 0 Å². The van der Waals surface area contributed by atoms with Gasteiger partial charge in [-0.05, 0) is 31.8 Å². The van der Waals surface area contributed by atoms with E-state index >= 15 is 0 Å². The molecule has 1 amide bonds. The minimum absolute atomic E-state index is 0.138. The van der Waals surface area contributed by atoms with Crippen molar-refractivity contribution in [3.63, 3.8) is 0 Å². The van der Waals surface area contributed by atoms with Gasteiger partial charge in [0.05, 0.1) is 6.54 Å². The molecule has 2 atom stereocenters. The molecule has 4 nitrogen and oxygen atoms in total. The molecule has 0 saturated carbocycles. The lowest BCUT2D eigenvalue weighted by molar-refractivity contribution is -0.122. The minimum Gasteiger partial charge on any atom is -0.355 e. The largest absolute Gasteiger partial charge is 0.355 e. The second-order valence-electron chi connectivity index (χ2n) is 5.65. The monoisotopic (exact) mass is 241 g/mol. The lowest BCUT2D eigenvalue weighted by atomic mass is 9.94. The number of piperidine rings is 1. The van der Waals surface area contributed by atoms with Crippen LogP contribution < -0.4 is 10.6 Å². The quantitative estimate of drug-likeness (QED) is 0.744. The number of nitrogens with zero attached hydrogens (tertiary/aromatic N) is 1. The zero-order valence-corrected chi connectivity index (χ0v) is 11.6. The highest BCUT2D eigenvalue weighted by atomic mass is 16.2. The van der Waals surface area contributed by atoms with Crippen molar-refractivity contribution in [2.45, 2.75) is 33.2 Å². The van der Waals surface area contributed by atoms with E-state index < -0.39 is 0 Å². The molecule has 1 rings (SSSR count). The smallest absolute Gasteiger partial charge is 0.234 e. The fourth-order valence-corrected chi connectivity index (χ4v) is 2.28. The molecular weight excluding hydrogens is 214 g/mol. The van der Waals surface area contributed by atoms with Gasteiger partial charge in [-0.3, -0.25) is 9.69 Å². The van der Waals surface area contributed by atoms with Crippen LogP contribution >= 0.6 is 0 Å². The van der Waals surface area contributed by atoms with Crippen molar-refractivity contribution in [2.24, 2.45) is 11.8 Å². The summed E-state index contributed by atoms with van der Waals surface area (Å²) in [5.41, 5.74) is 0. The van der Waals surface area contributed by atoms with Gasteiger partial charge in [-0.2, -0.15) is 0 Å². The van der Waals surface area contributed by atoms with Crippen LogP contribution in [0.3, 0.4) is 0 Å². The van der Waals surface area contributed by atoms with Gasteiger partial charge in [-0.15, -0.1) is 0 Å². The van der Waals surface area contributed by atoms with E-state index in [1.54, 1.807) is 0 Å². The Balaban J connectivity index is 2.31. The molecule has 0 bridgehead atoms. The van der Waals surface area contributed by atoms with E-state index in [4.69, 9.17) is 0 Å². The number of nitrogens with one attached hydrogen (secondary N) is 2. The summed E-state index contributed by atoms with van der Waals surface area (Å²) < 4.78 is 0. The Morgan fingerprint density at radius 1 is 1.53 bits per heavy atom. The molecule has 2 unspecified atom stereocenters. The summed E-state index contributed by atoms with van der Waals surface area (Å²) in [5, 5.41) is 6.36. The van der Waals surface area contributed by atoms with Crippen LogP contribution in [0.15, 0.2) is 0 Å². The Bertz CT molecular complexity index is 243. The standard InChI is InChI=1S/C13H27N3O/c1-10(2)7-15-13(17)9-16(4)12-8-14-6-5-11(12)3/h10-12,14H,5-9H2,1-4H3,(H,15,17). The van der Waals surface area contributed by atoms with Crippen LogP contribution in [0.4, 0.5) is 0 Å². The van der Waals surface area contributed by atoms with Crippen molar-refractivity contribution in [3.05, 3.63) is 0 Å². The lowest BCUT2D eigenvalue weighted by Crippen LogP contribution is -2.51. The van der Waals surface area contributed by atoms with Gasteiger partial charge in [0.15, 0.2) is 0 Å². The first kappa shape index (κ1) is 14.5. The molecule has 0 aromatic carbocycles. The number of carbonyl (C=O) groups excluding carboxylic acids is 1. The number of hydrogen-bond donors (Lipinski definition) is 2. The average Bonchev–Trinajstić information content (AvgIpc) is 2.26. The van der Waals surface area contributed by atoms with E-state index in [1.807, 2.05) is 7.05 Å². The number of amides is 1. The van der Waals surface area contributed by atoms with Crippen molar-refractivity contribution < 1.29 is 4.79 Å². The molecule has 17 heavy (non-hydrogen) atoms. The van der Waals surface area contributed by atoms with Crippen molar-refractivity contribution in [1.29, 1.82) is 0 Å². The molecule has 1 heterocycles. The maximum atomic E-state index is 11.7. The highest BCUT2D eigenvalue weighted by Crippen LogP contribution is 2.15. The number of carbonyl (C=O) groups is 1. The van der Waals surface area contributed by atoms with Crippen LogP contribution in [-0.4, -0.2) is 50.1 Å². The van der Waals surface area contributed by atoms with Crippen molar-refractivity contribution >= 4 is 5.91 Å². The van der Waals surface area contributed by atoms with Crippen LogP contribution in [0.2, 0.25) is 0 Å².